The van der Waals surface area contributed by atoms with Crippen LogP contribution >= 0.6 is 0 Å². The lowest BCUT2D eigenvalue weighted by Gasteiger charge is -2.32. The molecule has 0 aromatic carbocycles. The fraction of sp³-hybridized carbons (Fsp3) is 0.789. The van der Waals surface area contributed by atoms with Crippen LogP contribution < -0.4 is 0 Å². The van der Waals surface area contributed by atoms with Crippen LogP contribution in [0.4, 0.5) is 0 Å². The lowest BCUT2D eigenvalue weighted by molar-refractivity contribution is -0.134. The average molecular weight is 315 g/mol. The van der Waals surface area contributed by atoms with Gasteiger partial charge >= 0.3 is 0 Å². The van der Waals surface area contributed by atoms with Crippen LogP contribution in [0.3, 0.4) is 0 Å². The molecular formula is C19H29N3O. The number of aromatic nitrogens is 2. The maximum atomic E-state index is 12.9. The Bertz CT molecular complexity index is 561. The van der Waals surface area contributed by atoms with Gasteiger partial charge in [0.1, 0.15) is 0 Å². The molecule has 0 unspecified atom stereocenters. The number of hydrogen-bond donors (Lipinski definition) is 1. The van der Waals surface area contributed by atoms with Gasteiger partial charge in [-0.15, -0.1) is 0 Å². The zero-order chi connectivity index (χ0) is 15.8. The molecule has 1 saturated heterocycles. The summed E-state index contributed by atoms with van der Waals surface area (Å²) >= 11 is 0. The summed E-state index contributed by atoms with van der Waals surface area (Å²) in [6.45, 7) is 3.87. The van der Waals surface area contributed by atoms with Crippen molar-refractivity contribution in [1.82, 2.24) is 15.1 Å². The fourth-order valence-electron chi connectivity index (χ4n) is 4.88. The molecule has 2 saturated carbocycles. The predicted octanol–water partition coefficient (Wildman–Crippen LogP) is 3.64. The molecule has 3 atom stereocenters. The number of carbonyl (C=O) groups excluding carboxylic acids is 1. The second kappa shape index (κ2) is 6.29. The molecule has 4 heteroatoms. The van der Waals surface area contributed by atoms with Gasteiger partial charge in [-0.25, -0.2) is 0 Å². The lowest BCUT2D eigenvalue weighted by Crippen LogP contribution is -2.40. The number of aromatic amines is 1. The van der Waals surface area contributed by atoms with Gasteiger partial charge in [-0.1, -0.05) is 32.1 Å². The van der Waals surface area contributed by atoms with Gasteiger partial charge in [-0.05, 0) is 44.1 Å². The summed E-state index contributed by atoms with van der Waals surface area (Å²) in [6.07, 6.45) is 10.3. The maximum Gasteiger partial charge on any atom is 0.226 e. The molecule has 0 radical (unpaired) electrons. The van der Waals surface area contributed by atoms with Crippen molar-refractivity contribution < 1.29 is 4.79 Å². The second-order valence-corrected chi connectivity index (χ2v) is 8.00. The summed E-state index contributed by atoms with van der Waals surface area (Å²) in [7, 11) is 0. The quantitative estimate of drug-likeness (QED) is 0.925. The summed E-state index contributed by atoms with van der Waals surface area (Å²) in [5, 5.41) is 7.46. The lowest BCUT2D eigenvalue weighted by atomic mass is 9.85. The van der Waals surface area contributed by atoms with E-state index in [-0.39, 0.29) is 0 Å². The van der Waals surface area contributed by atoms with E-state index < -0.39 is 0 Å². The molecule has 1 aromatic rings. The largest absolute Gasteiger partial charge is 0.342 e. The minimum absolute atomic E-state index is 0.345. The van der Waals surface area contributed by atoms with Gasteiger partial charge in [-0.3, -0.25) is 9.89 Å². The summed E-state index contributed by atoms with van der Waals surface area (Å²) < 4.78 is 0. The van der Waals surface area contributed by atoms with E-state index in [0.717, 1.165) is 49.7 Å². The van der Waals surface area contributed by atoms with Gasteiger partial charge < -0.3 is 4.90 Å². The first-order chi connectivity index (χ1) is 11.2. The molecule has 2 heterocycles. The number of piperidine rings is 1. The van der Waals surface area contributed by atoms with Crippen molar-refractivity contribution in [2.75, 3.05) is 13.1 Å². The van der Waals surface area contributed by atoms with Crippen LogP contribution in [-0.4, -0.2) is 34.1 Å². The van der Waals surface area contributed by atoms with E-state index in [1.165, 1.54) is 32.1 Å². The zero-order valence-electron chi connectivity index (χ0n) is 14.3. The van der Waals surface area contributed by atoms with Gasteiger partial charge in [0.25, 0.3) is 0 Å². The molecule has 0 spiro atoms. The van der Waals surface area contributed by atoms with Crippen LogP contribution in [0.2, 0.25) is 0 Å². The van der Waals surface area contributed by atoms with Gasteiger partial charge in [0.05, 0.1) is 5.69 Å². The van der Waals surface area contributed by atoms with E-state index in [4.69, 9.17) is 0 Å². The number of carbonyl (C=O) groups is 1. The minimum Gasteiger partial charge on any atom is -0.342 e. The molecule has 2 aliphatic carbocycles. The van der Waals surface area contributed by atoms with Crippen LogP contribution in [0.25, 0.3) is 0 Å². The molecule has 3 aliphatic rings. The third kappa shape index (κ3) is 3.17. The van der Waals surface area contributed by atoms with Gasteiger partial charge in [-0.2, -0.15) is 5.10 Å². The predicted molar refractivity (Wildman–Crippen MR) is 90.1 cm³/mol. The molecule has 4 rings (SSSR count). The molecule has 4 nitrogen and oxygen atoms in total. The third-order valence-electron chi connectivity index (χ3n) is 6.29. The number of hydrogen-bond acceptors (Lipinski definition) is 2. The van der Waals surface area contributed by atoms with E-state index in [2.05, 4.69) is 21.2 Å². The first-order valence-corrected chi connectivity index (χ1v) is 9.53. The standard InChI is InChI=1S/C19H29N3O/c1-13-10-18(21-20-13)15-8-5-9-22(12-15)19(23)17-11-16(17)14-6-3-2-4-7-14/h10,14-17H,2-9,11-12H2,1H3,(H,20,21)/t15-,16+,17-/m1/s1. The van der Waals surface area contributed by atoms with Crippen LogP contribution in [0.1, 0.15) is 68.7 Å². The van der Waals surface area contributed by atoms with E-state index in [1.807, 2.05) is 6.92 Å². The molecule has 1 amide bonds. The Hall–Kier alpha value is -1.32. The van der Waals surface area contributed by atoms with Gasteiger partial charge in [0, 0.05) is 30.6 Å². The number of H-pyrrole nitrogens is 1. The Morgan fingerprint density at radius 3 is 2.78 bits per heavy atom. The Morgan fingerprint density at radius 1 is 1.22 bits per heavy atom. The van der Waals surface area contributed by atoms with Gasteiger partial charge in [0.15, 0.2) is 0 Å². The maximum absolute atomic E-state index is 12.9. The summed E-state index contributed by atoms with van der Waals surface area (Å²) in [5.41, 5.74) is 2.25. The number of aryl methyl sites for hydroxylation is 1. The van der Waals surface area contributed by atoms with Crippen molar-refractivity contribution in [3.63, 3.8) is 0 Å². The molecule has 3 fully saturated rings. The minimum atomic E-state index is 0.345. The van der Waals surface area contributed by atoms with Crippen LogP contribution in [-0.2, 0) is 4.79 Å². The third-order valence-corrected chi connectivity index (χ3v) is 6.29. The van der Waals surface area contributed by atoms with Crippen molar-refractivity contribution in [3.8, 4) is 0 Å². The SMILES string of the molecule is Cc1cc([C@@H]2CCCN(C(=O)[C@@H]3C[C@H]3C3CCCCC3)C2)n[nH]1. The first-order valence-electron chi connectivity index (χ1n) is 9.53. The van der Waals surface area contributed by atoms with E-state index in [0.29, 0.717) is 23.7 Å². The number of nitrogens with zero attached hydrogens (tertiary/aromatic N) is 2. The highest BCUT2D eigenvalue weighted by Gasteiger charge is 2.49. The zero-order valence-corrected chi connectivity index (χ0v) is 14.3. The highest BCUT2D eigenvalue weighted by molar-refractivity contribution is 5.82. The average Bonchev–Trinajstić information content (AvgIpc) is 3.29. The van der Waals surface area contributed by atoms with Gasteiger partial charge in [0.2, 0.25) is 5.91 Å². The molecule has 1 aliphatic heterocycles. The topological polar surface area (TPSA) is 49.0 Å². The summed E-state index contributed by atoms with van der Waals surface area (Å²) in [5.74, 6) is 2.75. The summed E-state index contributed by atoms with van der Waals surface area (Å²) in [4.78, 5) is 15.0. The van der Waals surface area contributed by atoms with Crippen molar-refractivity contribution in [2.45, 2.75) is 64.2 Å². The van der Waals surface area contributed by atoms with E-state index >= 15 is 0 Å². The molecular weight excluding hydrogens is 286 g/mol. The Balaban J connectivity index is 1.35. The molecule has 1 N–H and O–H groups in total. The number of nitrogens with one attached hydrogen (secondary N) is 1. The second-order valence-electron chi connectivity index (χ2n) is 8.00. The first kappa shape index (κ1) is 15.2. The molecule has 0 bridgehead atoms. The Kier molecular flexibility index (Phi) is 4.16. The molecule has 23 heavy (non-hydrogen) atoms. The smallest absolute Gasteiger partial charge is 0.226 e. The number of rotatable bonds is 3. The Labute approximate surface area is 139 Å². The number of likely N-dealkylation sites (tertiary alicyclic amines) is 1. The van der Waals surface area contributed by atoms with Crippen molar-refractivity contribution in [3.05, 3.63) is 17.5 Å². The van der Waals surface area contributed by atoms with Crippen LogP contribution in [0.15, 0.2) is 6.07 Å². The highest BCUT2D eigenvalue weighted by Crippen LogP contribution is 2.50. The number of amides is 1. The fourth-order valence-corrected chi connectivity index (χ4v) is 4.88. The van der Waals surface area contributed by atoms with Crippen LogP contribution in [0, 0.1) is 24.7 Å². The van der Waals surface area contributed by atoms with Crippen molar-refractivity contribution >= 4 is 5.91 Å². The highest BCUT2D eigenvalue weighted by atomic mass is 16.2. The van der Waals surface area contributed by atoms with E-state index in [9.17, 15) is 4.79 Å². The monoisotopic (exact) mass is 315 g/mol. The van der Waals surface area contributed by atoms with Crippen molar-refractivity contribution in [1.29, 1.82) is 0 Å². The van der Waals surface area contributed by atoms with E-state index in [1.54, 1.807) is 0 Å². The Morgan fingerprint density at radius 2 is 2.04 bits per heavy atom. The molecule has 126 valence electrons. The molecule has 1 aromatic heterocycles. The van der Waals surface area contributed by atoms with Crippen LogP contribution in [0.5, 0.6) is 0 Å². The van der Waals surface area contributed by atoms with Crippen molar-refractivity contribution in [2.24, 2.45) is 17.8 Å². The summed E-state index contributed by atoms with van der Waals surface area (Å²) in [6, 6.07) is 2.14. The normalized spacial score (nSPS) is 32.0.